The molecule has 10 heteroatoms. The predicted octanol–water partition coefficient (Wildman–Crippen LogP) is 0.422. The minimum absolute atomic E-state index is 0.0445. The van der Waals surface area contributed by atoms with Crippen molar-refractivity contribution in [3.8, 4) is 11.5 Å². The van der Waals surface area contributed by atoms with Gasteiger partial charge >= 0.3 is 5.97 Å². The summed E-state index contributed by atoms with van der Waals surface area (Å²) in [5.74, 6) is -2.50. The third kappa shape index (κ3) is 4.59. The van der Waals surface area contributed by atoms with Gasteiger partial charge in [0.05, 0.1) is 25.1 Å². The number of benzene rings is 1. The van der Waals surface area contributed by atoms with Crippen LogP contribution < -0.4 is 14.6 Å². The van der Waals surface area contributed by atoms with Crippen LogP contribution in [-0.2, 0) is 19.1 Å². The molecule has 2 rings (SSSR count). The quantitative estimate of drug-likeness (QED) is 0.478. The summed E-state index contributed by atoms with van der Waals surface area (Å²) in [5, 5.41) is 10.4. The van der Waals surface area contributed by atoms with Crippen LogP contribution in [0.3, 0.4) is 0 Å². The van der Waals surface area contributed by atoms with Crippen LogP contribution in [0.2, 0.25) is 0 Å². The molecule has 0 N–H and O–H groups in total. The molecule has 1 saturated heterocycles. The lowest BCUT2D eigenvalue weighted by Gasteiger charge is -2.19. The van der Waals surface area contributed by atoms with Crippen molar-refractivity contribution >= 4 is 40.9 Å². The largest absolute Gasteiger partial charge is 0.546 e. The molecule has 1 fully saturated rings. The topological polar surface area (TPSA) is 122 Å². The molecule has 0 saturated carbocycles. The van der Waals surface area contributed by atoms with E-state index in [0.29, 0.717) is 17.3 Å². The van der Waals surface area contributed by atoms with E-state index in [0.717, 1.165) is 12.0 Å². The molecule has 2 amide bonds. The highest BCUT2D eigenvalue weighted by atomic mass is 32.2. The molecule has 27 heavy (non-hydrogen) atoms. The van der Waals surface area contributed by atoms with Gasteiger partial charge in [0.1, 0.15) is 12.6 Å². The van der Waals surface area contributed by atoms with E-state index < -0.39 is 35.7 Å². The monoisotopic (exact) mass is 394 g/mol. The van der Waals surface area contributed by atoms with Crippen LogP contribution >= 0.6 is 11.8 Å². The fourth-order valence-corrected chi connectivity index (χ4v) is 2.96. The van der Waals surface area contributed by atoms with Gasteiger partial charge in [-0.15, -0.1) is 0 Å². The first-order valence-electron chi connectivity index (χ1n) is 7.65. The molecule has 0 radical (unpaired) electrons. The second kappa shape index (κ2) is 8.58. The number of hydrogen-bond donors (Lipinski definition) is 0. The molecule has 1 atom stereocenters. The zero-order valence-electron chi connectivity index (χ0n) is 14.7. The van der Waals surface area contributed by atoms with Gasteiger partial charge in [-0.2, -0.15) is 0 Å². The predicted molar refractivity (Wildman–Crippen MR) is 92.8 cm³/mol. The normalized spacial score (nSPS) is 16.4. The molecule has 1 heterocycles. The van der Waals surface area contributed by atoms with Crippen LogP contribution in [-0.4, -0.2) is 54.9 Å². The summed E-state index contributed by atoms with van der Waals surface area (Å²) in [6, 6.07) is 4.73. The van der Waals surface area contributed by atoms with E-state index in [1.165, 1.54) is 20.1 Å². The van der Waals surface area contributed by atoms with Crippen LogP contribution in [0.25, 0.3) is 6.08 Å². The van der Waals surface area contributed by atoms with Crippen LogP contribution in [0.4, 0.5) is 4.79 Å². The maximum Gasteiger partial charge on any atom is 0.325 e. The second-order valence-corrected chi connectivity index (χ2v) is 6.29. The summed E-state index contributed by atoms with van der Waals surface area (Å²) in [4.78, 5) is 47.5. The molecule has 1 aromatic rings. The minimum Gasteiger partial charge on any atom is -0.546 e. The van der Waals surface area contributed by atoms with Crippen molar-refractivity contribution in [3.63, 3.8) is 0 Å². The van der Waals surface area contributed by atoms with Crippen molar-refractivity contribution < 1.29 is 38.5 Å². The lowest BCUT2D eigenvalue weighted by Crippen LogP contribution is -2.37. The molecule has 9 nitrogen and oxygen atoms in total. The third-order valence-corrected chi connectivity index (χ3v) is 4.44. The molecular weight excluding hydrogens is 378 g/mol. The number of amides is 2. The number of hydrogen-bond acceptors (Lipinski definition) is 9. The highest BCUT2D eigenvalue weighted by molar-refractivity contribution is 8.18. The number of carboxylic acid groups (broad SMARTS) is 1. The van der Waals surface area contributed by atoms with Gasteiger partial charge < -0.3 is 24.1 Å². The standard InChI is InChI=1S/C17H17NO8S/c1-9(16(21)22)26-14-10(5-4-6-11(14)24-2)7-12-15(20)18(17(23)27-12)8-13(19)25-3/h4-7,9H,8H2,1-3H3,(H,21,22)/p-1/b12-7+/t9-/m0/s1. The Hall–Kier alpha value is -3.01. The molecule has 0 aliphatic carbocycles. The maximum atomic E-state index is 12.4. The Bertz CT molecular complexity index is 819. The van der Waals surface area contributed by atoms with Crippen molar-refractivity contribution in [3.05, 3.63) is 28.7 Å². The Morgan fingerprint density at radius 3 is 2.59 bits per heavy atom. The molecule has 0 spiro atoms. The van der Waals surface area contributed by atoms with Gasteiger partial charge in [0.2, 0.25) is 0 Å². The Labute approximate surface area is 158 Å². The van der Waals surface area contributed by atoms with Gasteiger partial charge in [-0.25, -0.2) is 0 Å². The second-order valence-electron chi connectivity index (χ2n) is 5.30. The van der Waals surface area contributed by atoms with Gasteiger partial charge in [0.15, 0.2) is 11.5 Å². The number of methoxy groups -OCH3 is 2. The van der Waals surface area contributed by atoms with Crippen LogP contribution in [0.5, 0.6) is 11.5 Å². The van der Waals surface area contributed by atoms with E-state index in [4.69, 9.17) is 9.47 Å². The summed E-state index contributed by atoms with van der Waals surface area (Å²) in [6.45, 7) is 0.789. The summed E-state index contributed by atoms with van der Waals surface area (Å²) in [7, 11) is 2.52. The molecule has 144 valence electrons. The van der Waals surface area contributed by atoms with Crippen LogP contribution in [0, 0.1) is 0 Å². The summed E-state index contributed by atoms with van der Waals surface area (Å²) < 4.78 is 15.0. The van der Waals surface area contributed by atoms with E-state index in [1.807, 2.05) is 0 Å². The van der Waals surface area contributed by atoms with Gasteiger partial charge in [0.25, 0.3) is 11.1 Å². The summed E-state index contributed by atoms with van der Waals surface area (Å²) in [5.41, 5.74) is 0.325. The van der Waals surface area contributed by atoms with Crippen molar-refractivity contribution in [2.75, 3.05) is 20.8 Å². The fraction of sp³-hybridized carbons (Fsp3) is 0.294. The van der Waals surface area contributed by atoms with Gasteiger partial charge in [-0.05, 0) is 30.8 Å². The SMILES string of the molecule is COC(=O)CN1C(=O)S/C(=C/c2cccc(OC)c2O[C@@H](C)C(=O)[O-])C1=O. The summed E-state index contributed by atoms with van der Waals surface area (Å²) >= 11 is 0.642. The van der Waals surface area contributed by atoms with Gasteiger partial charge in [0, 0.05) is 5.56 Å². The Morgan fingerprint density at radius 2 is 2.00 bits per heavy atom. The molecular formula is C17H16NO8S-. The van der Waals surface area contributed by atoms with E-state index in [-0.39, 0.29) is 16.4 Å². The van der Waals surface area contributed by atoms with Crippen molar-refractivity contribution in [2.45, 2.75) is 13.0 Å². The van der Waals surface area contributed by atoms with Crippen LogP contribution in [0.15, 0.2) is 23.1 Å². The molecule has 1 aromatic carbocycles. The Morgan fingerprint density at radius 1 is 1.30 bits per heavy atom. The van der Waals surface area contributed by atoms with Crippen molar-refractivity contribution in [1.82, 2.24) is 4.90 Å². The lowest BCUT2D eigenvalue weighted by atomic mass is 10.1. The van der Waals surface area contributed by atoms with Crippen LogP contribution in [0.1, 0.15) is 12.5 Å². The van der Waals surface area contributed by atoms with Crippen molar-refractivity contribution in [1.29, 1.82) is 0 Å². The number of esters is 1. The average molecular weight is 394 g/mol. The molecule has 0 bridgehead atoms. The number of carbonyl (C=O) groups excluding carboxylic acids is 4. The van der Waals surface area contributed by atoms with E-state index in [9.17, 15) is 24.3 Å². The number of thioether (sulfide) groups is 1. The third-order valence-electron chi connectivity index (χ3n) is 3.53. The molecule has 0 aromatic heterocycles. The fourth-order valence-electron chi connectivity index (χ4n) is 2.13. The number of imide groups is 1. The molecule has 1 aliphatic rings. The average Bonchev–Trinajstić information content (AvgIpc) is 2.90. The summed E-state index contributed by atoms with van der Waals surface area (Å²) in [6.07, 6.45) is 0.0880. The van der Waals surface area contributed by atoms with E-state index in [2.05, 4.69) is 4.74 Å². The number of aliphatic carboxylic acids is 1. The number of rotatable bonds is 7. The first kappa shape index (κ1) is 20.3. The smallest absolute Gasteiger partial charge is 0.325 e. The molecule has 0 unspecified atom stereocenters. The number of carboxylic acids is 1. The highest BCUT2D eigenvalue weighted by Crippen LogP contribution is 2.37. The van der Waals surface area contributed by atoms with Gasteiger partial charge in [-0.1, -0.05) is 12.1 Å². The number of ether oxygens (including phenoxy) is 3. The van der Waals surface area contributed by atoms with E-state index >= 15 is 0 Å². The number of para-hydroxylation sites is 1. The van der Waals surface area contributed by atoms with Crippen molar-refractivity contribution in [2.24, 2.45) is 0 Å². The Kier molecular flexibility index (Phi) is 6.45. The zero-order chi connectivity index (χ0) is 20.1. The number of nitrogens with zero attached hydrogens (tertiary/aromatic N) is 1. The lowest BCUT2D eigenvalue weighted by molar-refractivity contribution is -0.312. The minimum atomic E-state index is -1.43. The first-order valence-corrected chi connectivity index (χ1v) is 8.46. The Balaban J connectivity index is 2.38. The number of carbonyl (C=O) groups is 4. The molecule has 1 aliphatic heterocycles. The van der Waals surface area contributed by atoms with Gasteiger partial charge in [-0.3, -0.25) is 19.3 Å². The van der Waals surface area contributed by atoms with E-state index in [1.54, 1.807) is 18.2 Å². The zero-order valence-corrected chi connectivity index (χ0v) is 15.5. The highest BCUT2D eigenvalue weighted by Gasteiger charge is 2.36. The first-order chi connectivity index (χ1) is 12.8. The maximum absolute atomic E-state index is 12.4.